The van der Waals surface area contributed by atoms with Crippen LogP contribution in [0.5, 0.6) is 0 Å². The minimum atomic E-state index is -3.58. The van der Waals surface area contributed by atoms with Gasteiger partial charge in [0, 0.05) is 24.6 Å². The highest BCUT2D eigenvalue weighted by atomic mass is 32.2. The van der Waals surface area contributed by atoms with Gasteiger partial charge in [-0.25, -0.2) is 13.4 Å². The van der Waals surface area contributed by atoms with Crippen molar-refractivity contribution in [1.29, 1.82) is 0 Å². The van der Waals surface area contributed by atoms with Crippen molar-refractivity contribution in [3.63, 3.8) is 0 Å². The third-order valence-corrected chi connectivity index (χ3v) is 4.83. The van der Waals surface area contributed by atoms with Crippen molar-refractivity contribution in [3.8, 4) is 0 Å². The summed E-state index contributed by atoms with van der Waals surface area (Å²) in [5.41, 5.74) is 2.56. The monoisotopic (exact) mass is 327 g/mol. The average Bonchev–Trinajstić information content (AvgIpc) is 3.00. The number of hydrogen-bond donors (Lipinski definition) is 1. The van der Waals surface area contributed by atoms with E-state index in [9.17, 15) is 8.42 Å². The molecular formula is C17H17N3O2S. The van der Waals surface area contributed by atoms with Crippen molar-refractivity contribution >= 4 is 15.7 Å². The Hall–Kier alpha value is -2.60. The molecule has 0 atom stereocenters. The minimum absolute atomic E-state index is 0.253. The zero-order chi connectivity index (χ0) is 16.3. The van der Waals surface area contributed by atoms with Crippen LogP contribution >= 0.6 is 0 Å². The van der Waals surface area contributed by atoms with Crippen molar-refractivity contribution in [3.05, 3.63) is 78.4 Å². The second-order valence-electron chi connectivity index (χ2n) is 5.35. The zero-order valence-electron chi connectivity index (χ0n) is 12.7. The van der Waals surface area contributed by atoms with Crippen LogP contribution in [-0.4, -0.2) is 18.0 Å². The number of imidazole rings is 1. The predicted octanol–water partition coefficient (Wildman–Crippen LogP) is 3.04. The Morgan fingerprint density at radius 3 is 2.61 bits per heavy atom. The van der Waals surface area contributed by atoms with Gasteiger partial charge in [0.15, 0.2) is 0 Å². The van der Waals surface area contributed by atoms with Gasteiger partial charge in [-0.2, -0.15) is 0 Å². The van der Waals surface area contributed by atoms with E-state index in [0.29, 0.717) is 12.2 Å². The van der Waals surface area contributed by atoms with Crippen molar-refractivity contribution in [2.45, 2.75) is 18.4 Å². The molecule has 0 spiro atoms. The molecule has 5 nitrogen and oxygen atoms in total. The third-order valence-electron chi connectivity index (χ3n) is 3.43. The van der Waals surface area contributed by atoms with E-state index in [1.54, 1.807) is 42.9 Å². The number of nitrogens with one attached hydrogen (secondary N) is 1. The maximum atomic E-state index is 12.4. The second kappa shape index (κ2) is 6.26. The first-order chi connectivity index (χ1) is 11.0. The fraction of sp³-hybridized carbons (Fsp3) is 0.118. The smallest absolute Gasteiger partial charge is 0.261 e. The van der Waals surface area contributed by atoms with E-state index in [-0.39, 0.29) is 4.90 Å². The summed E-state index contributed by atoms with van der Waals surface area (Å²) in [6, 6.07) is 14.1. The van der Waals surface area contributed by atoms with Crippen LogP contribution in [0.1, 0.15) is 11.1 Å². The van der Waals surface area contributed by atoms with Crippen LogP contribution in [0.4, 0.5) is 5.69 Å². The largest absolute Gasteiger partial charge is 0.333 e. The van der Waals surface area contributed by atoms with Gasteiger partial charge in [-0.1, -0.05) is 29.8 Å². The molecule has 118 valence electrons. The number of nitrogens with zero attached hydrogens (tertiary/aromatic N) is 2. The van der Waals surface area contributed by atoms with Gasteiger partial charge in [-0.3, -0.25) is 4.72 Å². The van der Waals surface area contributed by atoms with Gasteiger partial charge in [0.1, 0.15) is 0 Å². The molecule has 6 heteroatoms. The molecular weight excluding hydrogens is 310 g/mol. The van der Waals surface area contributed by atoms with Crippen molar-refractivity contribution < 1.29 is 8.42 Å². The molecule has 1 heterocycles. The lowest BCUT2D eigenvalue weighted by Crippen LogP contribution is -2.13. The number of benzene rings is 2. The molecule has 1 N–H and O–H groups in total. The zero-order valence-corrected chi connectivity index (χ0v) is 13.5. The molecule has 0 aliphatic rings. The van der Waals surface area contributed by atoms with Crippen molar-refractivity contribution in [2.24, 2.45) is 0 Å². The fourth-order valence-corrected chi connectivity index (χ4v) is 3.31. The van der Waals surface area contributed by atoms with E-state index in [2.05, 4.69) is 9.71 Å². The number of sulfonamides is 1. The molecule has 0 bridgehead atoms. The number of hydrogen-bond acceptors (Lipinski definition) is 3. The summed E-state index contributed by atoms with van der Waals surface area (Å²) >= 11 is 0. The van der Waals surface area contributed by atoms with Gasteiger partial charge in [0.05, 0.1) is 11.2 Å². The predicted molar refractivity (Wildman–Crippen MR) is 89.8 cm³/mol. The van der Waals surface area contributed by atoms with Gasteiger partial charge in [0.25, 0.3) is 10.0 Å². The Bertz CT molecular complexity index is 886. The molecule has 0 saturated carbocycles. The highest BCUT2D eigenvalue weighted by molar-refractivity contribution is 7.92. The van der Waals surface area contributed by atoms with Gasteiger partial charge >= 0.3 is 0 Å². The lowest BCUT2D eigenvalue weighted by atomic mass is 10.2. The maximum Gasteiger partial charge on any atom is 0.261 e. The molecule has 1 aromatic heterocycles. The summed E-state index contributed by atoms with van der Waals surface area (Å²) in [6.07, 6.45) is 5.30. The second-order valence-corrected chi connectivity index (χ2v) is 7.04. The van der Waals surface area contributed by atoms with Crippen LogP contribution in [0, 0.1) is 6.92 Å². The van der Waals surface area contributed by atoms with E-state index in [1.807, 2.05) is 35.9 Å². The molecule has 3 rings (SSSR count). The summed E-state index contributed by atoms with van der Waals surface area (Å²) in [5, 5.41) is 0. The summed E-state index contributed by atoms with van der Waals surface area (Å²) in [4.78, 5) is 4.25. The Kier molecular flexibility index (Phi) is 4.16. The van der Waals surface area contributed by atoms with E-state index >= 15 is 0 Å². The number of rotatable bonds is 5. The standard InChI is InChI=1S/C17H17N3O2S/c1-14-5-7-17(8-6-14)23(21,22)19-16-4-2-3-15(11-16)12-20-10-9-18-13-20/h2-11,13,19H,12H2,1H3. The molecule has 0 saturated heterocycles. The Morgan fingerprint density at radius 2 is 1.91 bits per heavy atom. The lowest BCUT2D eigenvalue weighted by molar-refractivity contribution is 0.601. The number of aromatic nitrogens is 2. The molecule has 0 radical (unpaired) electrons. The lowest BCUT2D eigenvalue weighted by Gasteiger charge is -2.10. The van der Waals surface area contributed by atoms with E-state index in [4.69, 9.17) is 0 Å². The Balaban J connectivity index is 1.80. The first kappa shape index (κ1) is 15.3. The molecule has 0 fully saturated rings. The highest BCUT2D eigenvalue weighted by Crippen LogP contribution is 2.18. The van der Waals surface area contributed by atoms with Crippen LogP contribution in [0.25, 0.3) is 0 Å². The van der Waals surface area contributed by atoms with Gasteiger partial charge in [0.2, 0.25) is 0 Å². The summed E-state index contributed by atoms with van der Waals surface area (Å²) in [6.45, 7) is 2.56. The quantitative estimate of drug-likeness (QED) is 0.783. The molecule has 0 aliphatic carbocycles. The first-order valence-electron chi connectivity index (χ1n) is 7.17. The maximum absolute atomic E-state index is 12.4. The first-order valence-corrected chi connectivity index (χ1v) is 8.65. The van der Waals surface area contributed by atoms with Gasteiger partial charge in [-0.15, -0.1) is 0 Å². The van der Waals surface area contributed by atoms with Crippen LogP contribution in [-0.2, 0) is 16.6 Å². The molecule has 2 aromatic carbocycles. The van der Waals surface area contributed by atoms with Crippen LogP contribution in [0.15, 0.2) is 72.1 Å². The van der Waals surface area contributed by atoms with E-state index < -0.39 is 10.0 Å². The normalized spacial score (nSPS) is 11.3. The van der Waals surface area contributed by atoms with E-state index in [1.165, 1.54) is 0 Å². The Labute approximate surface area is 135 Å². The molecule has 3 aromatic rings. The molecule has 0 aliphatic heterocycles. The van der Waals surface area contributed by atoms with Crippen molar-refractivity contribution in [2.75, 3.05) is 4.72 Å². The van der Waals surface area contributed by atoms with Crippen LogP contribution in [0.3, 0.4) is 0 Å². The van der Waals surface area contributed by atoms with E-state index in [0.717, 1.165) is 11.1 Å². The number of aryl methyl sites for hydroxylation is 1. The molecule has 0 unspecified atom stereocenters. The average molecular weight is 327 g/mol. The van der Waals surface area contributed by atoms with Gasteiger partial charge < -0.3 is 4.57 Å². The highest BCUT2D eigenvalue weighted by Gasteiger charge is 2.13. The summed E-state index contributed by atoms with van der Waals surface area (Å²) in [7, 11) is -3.58. The fourth-order valence-electron chi connectivity index (χ4n) is 2.26. The molecule has 23 heavy (non-hydrogen) atoms. The van der Waals surface area contributed by atoms with Crippen LogP contribution < -0.4 is 4.72 Å². The Morgan fingerprint density at radius 1 is 1.13 bits per heavy atom. The third kappa shape index (κ3) is 3.78. The van der Waals surface area contributed by atoms with Crippen LogP contribution in [0.2, 0.25) is 0 Å². The SMILES string of the molecule is Cc1ccc(S(=O)(=O)Nc2cccc(Cn3ccnc3)c2)cc1. The topological polar surface area (TPSA) is 64.0 Å². The number of anilines is 1. The summed E-state index contributed by atoms with van der Waals surface area (Å²) < 4.78 is 29.4. The minimum Gasteiger partial charge on any atom is -0.333 e. The summed E-state index contributed by atoms with van der Waals surface area (Å²) in [5.74, 6) is 0. The van der Waals surface area contributed by atoms with Gasteiger partial charge in [-0.05, 0) is 36.8 Å². The molecule has 0 amide bonds. The van der Waals surface area contributed by atoms with Crippen molar-refractivity contribution in [1.82, 2.24) is 9.55 Å².